The van der Waals surface area contributed by atoms with Crippen LogP contribution in [0.3, 0.4) is 0 Å². The monoisotopic (exact) mass is 312 g/mol. The smallest absolute Gasteiger partial charge is 0.312 e. The van der Waals surface area contributed by atoms with Crippen molar-refractivity contribution in [3.63, 3.8) is 0 Å². The summed E-state index contributed by atoms with van der Waals surface area (Å²) >= 11 is 0. The molecule has 0 fully saturated rings. The van der Waals surface area contributed by atoms with Crippen LogP contribution in [0.4, 0.5) is 0 Å². The van der Waals surface area contributed by atoms with Gasteiger partial charge in [-0.1, -0.05) is 30.7 Å². The Labute approximate surface area is 136 Å². The maximum atomic E-state index is 12.1. The lowest BCUT2D eigenvalue weighted by molar-refractivity contribution is -0.136. The highest BCUT2D eigenvalue weighted by Gasteiger charge is 2.41. The van der Waals surface area contributed by atoms with Crippen LogP contribution in [-0.2, 0) is 10.2 Å². The van der Waals surface area contributed by atoms with Gasteiger partial charge in [0.25, 0.3) is 0 Å². The fraction of sp³-hybridized carbons (Fsp3) is 0.316. The standard InChI is InChI=1S/C19H20O4/c1-12-5-8-16-15(9-12)19(2,11-18(20)23-16)14-7-6-13(21-3)10-17(14)22-4/h5-10H,11H2,1-4H3. The van der Waals surface area contributed by atoms with Crippen LogP contribution in [0.5, 0.6) is 17.2 Å². The fourth-order valence-electron chi connectivity index (χ4n) is 3.20. The minimum Gasteiger partial charge on any atom is -0.497 e. The third-order valence-electron chi connectivity index (χ3n) is 4.45. The Hall–Kier alpha value is -2.49. The number of ether oxygens (including phenoxy) is 3. The van der Waals surface area contributed by atoms with Gasteiger partial charge in [0.15, 0.2) is 0 Å². The number of hydrogen-bond donors (Lipinski definition) is 0. The molecule has 3 rings (SSSR count). The van der Waals surface area contributed by atoms with Crippen molar-refractivity contribution in [2.75, 3.05) is 14.2 Å². The van der Waals surface area contributed by atoms with Crippen molar-refractivity contribution in [3.05, 3.63) is 53.1 Å². The Balaban J connectivity index is 2.23. The normalized spacial score (nSPS) is 19.7. The van der Waals surface area contributed by atoms with Crippen LogP contribution >= 0.6 is 0 Å². The molecule has 1 unspecified atom stereocenters. The van der Waals surface area contributed by atoms with Gasteiger partial charge in [0.2, 0.25) is 0 Å². The molecule has 0 saturated heterocycles. The molecule has 0 N–H and O–H groups in total. The first-order valence-corrected chi connectivity index (χ1v) is 7.52. The Bertz CT molecular complexity index is 766. The molecule has 1 aliphatic rings. The molecule has 0 radical (unpaired) electrons. The SMILES string of the molecule is COc1ccc(C2(C)CC(=O)Oc3ccc(C)cc32)c(OC)c1. The summed E-state index contributed by atoms with van der Waals surface area (Å²) in [6, 6.07) is 11.6. The van der Waals surface area contributed by atoms with E-state index in [2.05, 4.69) is 13.0 Å². The summed E-state index contributed by atoms with van der Waals surface area (Å²) in [6.45, 7) is 4.08. The highest BCUT2D eigenvalue weighted by atomic mass is 16.5. The molecule has 0 spiro atoms. The van der Waals surface area contributed by atoms with Crippen LogP contribution < -0.4 is 14.2 Å². The second-order valence-electron chi connectivity index (χ2n) is 6.05. The van der Waals surface area contributed by atoms with E-state index >= 15 is 0 Å². The summed E-state index contributed by atoms with van der Waals surface area (Å²) in [5.74, 6) is 1.81. The molecule has 0 bridgehead atoms. The largest absolute Gasteiger partial charge is 0.497 e. The number of carbonyl (C=O) groups is 1. The zero-order valence-corrected chi connectivity index (χ0v) is 13.8. The van der Waals surface area contributed by atoms with Gasteiger partial charge in [-0.3, -0.25) is 4.79 Å². The number of carbonyl (C=O) groups excluding carboxylic acids is 1. The van der Waals surface area contributed by atoms with Crippen LogP contribution in [0.2, 0.25) is 0 Å². The van der Waals surface area contributed by atoms with E-state index < -0.39 is 5.41 Å². The topological polar surface area (TPSA) is 44.8 Å². The molecular weight excluding hydrogens is 292 g/mol. The number of fused-ring (bicyclic) bond motifs is 1. The van der Waals surface area contributed by atoms with Crippen molar-refractivity contribution in [3.8, 4) is 17.2 Å². The zero-order valence-electron chi connectivity index (χ0n) is 13.8. The van der Waals surface area contributed by atoms with E-state index in [0.29, 0.717) is 11.5 Å². The molecule has 4 heteroatoms. The Morgan fingerprint density at radius 2 is 1.83 bits per heavy atom. The molecular formula is C19H20O4. The quantitative estimate of drug-likeness (QED) is 0.641. The summed E-state index contributed by atoms with van der Waals surface area (Å²) in [7, 11) is 3.24. The summed E-state index contributed by atoms with van der Waals surface area (Å²) in [4.78, 5) is 12.1. The molecule has 0 saturated carbocycles. The zero-order chi connectivity index (χ0) is 16.6. The van der Waals surface area contributed by atoms with Gasteiger partial charge < -0.3 is 14.2 Å². The van der Waals surface area contributed by atoms with Crippen molar-refractivity contribution < 1.29 is 19.0 Å². The van der Waals surface area contributed by atoms with Gasteiger partial charge in [0.1, 0.15) is 17.2 Å². The fourth-order valence-corrected chi connectivity index (χ4v) is 3.20. The highest BCUT2D eigenvalue weighted by molar-refractivity contribution is 5.79. The second-order valence-corrected chi connectivity index (χ2v) is 6.05. The lowest BCUT2D eigenvalue weighted by Crippen LogP contribution is -2.34. The Morgan fingerprint density at radius 1 is 1.04 bits per heavy atom. The van der Waals surface area contributed by atoms with E-state index in [1.54, 1.807) is 14.2 Å². The lowest BCUT2D eigenvalue weighted by atomic mass is 9.71. The van der Waals surface area contributed by atoms with Gasteiger partial charge in [0.05, 0.1) is 20.6 Å². The van der Waals surface area contributed by atoms with Crippen molar-refractivity contribution in [2.45, 2.75) is 25.7 Å². The number of methoxy groups -OCH3 is 2. The van der Waals surface area contributed by atoms with E-state index in [0.717, 1.165) is 22.4 Å². The number of hydrogen-bond acceptors (Lipinski definition) is 4. The van der Waals surface area contributed by atoms with Crippen molar-refractivity contribution in [1.82, 2.24) is 0 Å². The summed E-state index contributed by atoms with van der Waals surface area (Å²) in [5.41, 5.74) is 2.57. The first-order chi connectivity index (χ1) is 11.0. The molecule has 0 aromatic heterocycles. The van der Waals surface area contributed by atoms with Gasteiger partial charge in [0, 0.05) is 22.6 Å². The molecule has 2 aromatic rings. The highest BCUT2D eigenvalue weighted by Crippen LogP contribution is 2.47. The van der Waals surface area contributed by atoms with Crippen molar-refractivity contribution >= 4 is 5.97 Å². The van der Waals surface area contributed by atoms with Crippen LogP contribution in [0.25, 0.3) is 0 Å². The maximum Gasteiger partial charge on any atom is 0.312 e. The lowest BCUT2D eigenvalue weighted by Gasteiger charge is -2.36. The summed E-state index contributed by atoms with van der Waals surface area (Å²) < 4.78 is 16.2. The minimum atomic E-state index is -0.506. The van der Waals surface area contributed by atoms with Crippen LogP contribution in [0, 0.1) is 6.92 Å². The summed E-state index contributed by atoms with van der Waals surface area (Å²) in [5, 5.41) is 0. The first kappa shape index (κ1) is 15.4. The Morgan fingerprint density at radius 3 is 2.52 bits per heavy atom. The van der Waals surface area contributed by atoms with Gasteiger partial charge in [-0.15, -0.1) is 0 Å². The van der Waals surface area contributed by atoms with Crippen molar-refractivity contribution in [2.24, 2.45) is 0 Å². The first-order valence-electron chi connectivity index (χ1n) is 7.52. The van der Waals surface area contributed by atoms with Crippen LogP contribution in [0.1, 0.15) is 30.0 Å². The number of benzene rings is 2. The third kappa shape index (κ3) is 2.54. The van der Waals surface area contributed by atoms with Gasteiger partial charge in [-0.2, -0.15) is 0 Å². The second kappa shape index (κ2) is 5.61. The Kier molecular flexibility index (Phi) is 3.76. The average Bonchev–Trinajstić information content (AvgIpc) is 2.55. The third-order valence-corrected chi connectivity index (χ3v) is 4.45. The van der Waals surface area contributed by atoms with E-state index in [1.165, 1.54) is 0 Å². The van der Waals surface area contributed by atoms with Crippen molar-refractivity contribution in [1.29, 1.82) is 0 Å². The van der Waals surface area contributed by atoms with E-state index in [-0.39, 0.29) is 12.4 Å². The minimum absolute atomic E-state index is 0.235. The summed E-state index contributed by atoms with van der Waals surface area (Å²) in [6.07, 6.45) is 0.270. The number of esters is 1. The molecule has 0 amide bonds. The van der Waals surface area contributed by atoms with E-state index in [4.69, 9.17) is 14.2 Å². The number of rotatable bonds is 3. The molecule has 1 atom stereocenters. The van der Waals surface area contributed by atoms with Gasteiger partial charge >= 0.3 is 5.97 Å². The van der Waals surface area contributed by atoms with E-state index in [1.807, 2.05) is 37.3 Å². The molecule has 23 heavy (non-hydrogen) atoms. The van der Waals surface area contributed by atoms with Gasteiger partial charge in [-0.25, -0.2) is 0 Å². The van der Waals surface area contributed by atoms with E-state index in [9.17, 15) is 4.79 Å². The number of aryl methyl sites for hydroxylation is 1. The molecule has 0 aliphatic carbocycles. The molecule has 4 nitrogen and oxygen atoms in total. The molecule has 1 heterocycles. The van der Waals surface area contributed by atoms with Gasteiger partial charge in [-0.05, 0) is 19.1 Å². The van der Waals surface area contributed by atoms with Crippen LogP contribution in [0.15, 0.2) is 36.4 Å². The van der Waals surface area contributed by atoms with Crippen LogP contribution in [-0.4, -0.2) is 20.2 Å². The molecule has 1 aliphatic heterocycles. The predicted octanol–water partition coefficient (Wildman–Crippen LogP) is 3.63. The predicted molar refractivity (Wildman–Crippen MR) is 87.4 cm³/mol. The molecule has 2 aromatic carbocycles. The average molecular weight is 312 g/mol. The molecule has 120 valence electrons. The maximum absolute atomic E-state index is 12.1.